The number of rotatable bonds is 9. The lowest BCUT2D eigenvalue weighted by Gasteiger charge is -2.09. The minimum absolute atomic E-state index is 0.146. The molecule has 8 nitrogen and oxygen atoms in total. The molecule has 2 heterocycles. The van der Waals surface area contributed by atoms with Crippen molar-refractivity contribution in [3.63, 3.8) is 0 Å². The highest BCUT2D eigenvalue weighted by Crippen LogP contribution is 2.20. The van der Waals surface area contributed by atoms with Crippen LogP contribution in [-0.4, -0.2) is 26.5 Å². The normalized spacial score (nSPS) is 11.0. The summed E-state index contributed by atoms with van der Waals surface area (Å²) in [6.45, 7) is 4.82. The van der Waals surface area contributed by atoms with E-state index in [0.29, 0.717) is 29.2 Å². The minimum atomic E-state index is -0.146. The Kier molecular flexibility index (Phi) is 6.59. The molecule has 0 radical (unpaired) electrons. The van der Waals surface area contributed by atoms with Crippen LogP contribution in [0.1, 0.15) is 36.9 Å². The van der Waals surface area contributed by atoms with Gasteiger partial charge >= 0.3 is 0 Å². The van der Waals surface area contributed by atoms with E-state index in [-0.39, 0.29) is 18.3 Å². The van der Waals surface area contributed by atoms with Crippen molar-refractivity contribution in [3.05, 3.63) is 59.8 Å². The van der Waals surface area contributed by atoms with Gasteiger partial charge in [0, 0.05) is 0 Å². The second-order valence-electron chi connectivity index (χ2n) is 6.43. The molecule has 0 aliphatic rings. The van der Waals surface area contributed by atoms with Crippen LogP contribution in [0.5, 0.6) is 5.75 Å². The van der Waals surface area contributed by atoms with E-state index >= 15 is 0 Å². The molecule has 0 spiro atoms. The van der Waals surface area contributed by atoms with E-state index in [4.69, 9.17) is 15.0 Å². The third-order valence-electron chi connectivity index (χ3n) is 4.02. The number of aromatic nitrogens is 3. The summed E-state index contributed by atoms with van der Waals surface area (Å²) < 4.78 is 12.2. The van der Waals surface area contributed by atoms with Gasteiger partial charge in [-0.2, -0.15) is 0 Å². The van der Waals surface area contributed by atoms with E-state index in [1.807, 2.05) is 24.3 Å². The lowest BCUT2D eigenvalue weighted by Crippen LogP contribution is -2.25. The highest BCUT2D eigenvalue weighted by Gasteiger charge is 2.13. The minimum Gasteiger partial charge on any atom is -0.486 e. The van der Waals surface area contributed by atoms with E-state index in [9.17, 15) is 4.79 Å². The summed E-state index contributed by atoms with van der Waals surface area (Å²) in [6.07, 6.45) is 1.56. The molecule has 9 heteroatoms. The molecule has 1 amide bonds. The van der Waals surface area contributed by atoms with Crippen molar-refractivity contribution in [1.82, 2.24) is 20.2 Å². The van der Waals surface area contributed by atoms with E-state index in [0.717, 1.165) is 5.75 Å². The van der Waals surface area contributed by atoms with Crippen LogP contribution in [0.25, 0.3) is 0 Å². The van der Waals surface area contributed by atoms with Crippen molar-refractivity contribution in [3.8, 4) is 5.75 Å². The summed E-state index contributed by atoms with van der Waals surface area (Å²) in [4.78, 5) is 11.9. The Bertz CT molecular complexity index is 891. The van der Waals surface area contributed by atoms with Gasteiger partial charge in [0.25, 0.3) is 0 Å². The van der Waals surface area contributed by atoms with Gasteiger partial charge in [-0.05, 0) is 35.7 Å². The van der Waals surface area contributed by atoms with Gasteiger partial charge in [-0.15, -0.1) is 10.2 Å². The molecule has 0 atom stereocenters. The first-order valence-electron chi connectivity index (χ1n) is 8.87. The van der Waals surface area contributed by atoms with Crippen molar-refractivity contribution >= 4 is 17.7 Å². The fourth-order valence-electron chi connectivity index (χ4n) is 2.38. The summed E-state index contributed by atoms with van der Waals surface area (Å²) in [6, 6.07) is 11.5. The van der Waals surface area contributed by atoms with Crippen molar-refractivity contribution in [1.29, 1.82) is 0 Å². The number of nitrogens with two attached hydrogens (primary N) is 1. The largest absolute Gasteiger partial charge is 0.486 e. The maximum atomic E-state index is 11.9. The molecule has 0 aliphatic heterocycles. The molecule has 0 unspecified atom stereocenters. The fraction of sp³-hybridized carbons (Fsp3) is 0.316. The third-order valence-corrected chi connectivity index (χ3v) is 4.97. The van der Waals surface area contributed by atoms with Crippen molar-refractivity contribution < 1.29 is 13.9 Å². The van der Waals surface area contributed by atoms with Gasteiger partial charge in [-0.25, -0.2) is 4.68 Å². The summed E-state index contributed by atoms with van der Waals surface area (Å²) in [5.41, 5.74) is 1.25. The Hall–Kier alpha value is -2.94. The molecule has 3 aromatic rings. The Morgan fingerprint density at radius 1 is 1.29 bits per heavy atom. The number of nitrogens with one attached hydrogen (secondary N) is 1. The van der Waals surface area contributed by atoms with Gasteiger partial charge in [0.2, 0.25) is 11.1 Å². The van der Waals surface area contributed by atoms with Crippen LogP contribution in [0.4, 0.5) is 0 Å². The summed E-state index contributed by atoms with van der Waals surface area (Å²) in [5.74, 6) is 8.42. The Balaban J connectivity index is 1.47. The zero-order valence-corrected chi connectivity index (χ0v) is 16.6. The number of nitrogen functional groups attached to an aromatic ring is 1. The molecule has 2 aromatic heterocycles. The number of hydrogen-bond acceptors (Lipinski definition) is 7. The maximum Gasteiger partial charge on any atom is 0.230 e. The number of hydrogen-bond donors (Lipinski definition) is 2. The zero-order valence-electron chi connectivity index (χ0n) is 15.8. The first kappa shape index (κ1) is 19.8. The summed E-state index contributed by atoms with van der Waals surface area (Å²) >= 11 is 1.21. The molecule has 3 N–H and O–H groups in total. The molecule has 0 bridgehead atoms. The smallest absolute Gasteiger partial charge is 0.230 e. The van der Waals surface area contributed by atoms with Crippen LogP contribution in [0, 0.1) is 0 Å². The van der Waals surface area contributed by atoms with Gasteiger partial charge in [0.05, 0.1) is 18.6 Å². The Labute approximate surface area is 167 Å². The van der Waals surface area contributed by atoms with Crippen molar-refractivity contribution in [2.24, 2.45) is 0 Å². The Morgan fingerprint density at radius 3 is 2.75 bits per heavy atom. The summed E-state index contributed by atoms with van der Waals surface area (Å²) in [5, 5.41) is 11.3. The van der Waals surface area contributed by atoms with E-state index in [2.05, 4.69) is 29.4 Å². The third kappa shape index (κ3) is 5.29. The average molecular weight is 401 g/mol. The number of thioether (sulfide) groups is 1. The fourth-order valence-corrected chi connectivity index (χ4v) is 3.09. The Morgan fingerprint density at radius 2 is 2.07 bits per heavy atom. The average Bonchev–Trinajstić information content (AvgIpc) is 3.33. The molecule has 0 saturated heterocycles. The van der Waals surface area contributed by atoms with E-state index in [1.54, 1.807) is 18.4 Å². The predicted octanol–water partition coefficient (Wildman–Crippen LogP) is 2.70. The van der Waals surface area contributed by atoms with E-state index < -0.39 is 0 Å². The van der Waals surface area contributed by atoms with Crippen LogP contribution in [0.2, 0.25) is 0 Å². The van der Waals surface area contributed by atoms with Gasteiger partial charge < -0.3 is 20.3 Å². The molecule has 1 aromatic carbocycles. The van der Waals surface area contributed by atoms with Gasteiger partial charge in [0.1, 0.15) is 18.1 Å². The van der Waals surface area contributed by atoms with Crippen molar-refractivity contribution in [2.45, 2.75) is 38.1 Å². The van der Waals surface area contributed by atoms with Crippen LogP contribution in [0.3, 0.4) is 0 Å². The molecular formula is C19H23N5O3S. The zero-order chi connectivity index (χ0) is 19.9. The molecule has 28 heavy (non-hydrogen) atoms. The first-order valence-corrected chi connectivity index (χ1v) is 9.85. The van der Waals surface area contributed by atoms with Crippen LogP contribution in [0.15, 0.2) is 52.2 Å². The molecule has 0 saturated carbocycles. The second kappa shape index (κ2) is 9.32. The lowest BCUT2D eigenvalue weighted by molar-refractivity contribution is -0.118. The number of ether oxygens (including phenoxy) is 1. The van der Waals surface area contributed by atoms with E-state index in [1.165, 1.54) is 22.0 Å². The first-order chi connectivity index (χ1) is 13.5. The molecular weight excluding hydrogens is 378 g/mol. The predicted molar refractivity (Wildman–Crippen MR) is 106 cm³/mol. The highest BCUT2D eigenvalue weighted by molar-refractivity contribution is 7.99. The number of benzene rings is 1. The monoisotopic (exact) mass is 401 g/mol. The standard InChI is InChI=1S/C19H23N5O3S/c1-13(2)14-5-7-15(8-6-14)27-11-17-22-23-19(24(17)20)28-12-18(25)21-10-16-4-3-9-26-16/h3-9,13H,10-12,20H2,1-2H3,(H,21,25). The van der Waals surface area contributed by atoms with Gasteiger partial charge in [-0.1, -0.05) is 37.7 Å². The number of amides is 1. The number of furan rings is 1. The number of nitrogens with zero attached hydrogens (tertiary/aromatic N) is 3. The molecule has 0 fully saturated rings. The van der Waals surface area contributed by atoms with Crippen LogP contribution >= 0.6 is 11.8 Å². The topological polar surface area (TPSA) is 108 Å². The molecule has 0 aliphatic carbocycles. The quantitative estimate of drug-likeness (QED) is 0.419. The molecule has 3 rings (SSSR count). The van der Waals surface area contributed by atoms with Crippen LogP contribution in [-0.2, 0) is 17.9 Å². The van der Waals surface area contributed by atoms with Gasteiger partial charge in [-0.3, -0.25) is 4.79 Å². The number of carbonyl (C=O) groups is 1. The second-order valence-corrected chi connectivity index (χ2v) is 7.37. The lowest BCUT2D eigenvalue weighted by atomic mass is 10.0. The highest BCUT2D eigenvalue weighted by atomic mass is 32.2. The maximum absolute atomic E-state index is 11.9. The number of carbonyl (C=O) groups excluding carboxylic acids is 1. The van der Waals surface area contributed by atoms with Crippen molar-refractivity contribution in [2.75, 3.05) is 11.6 Å². The van der Waals surface area contributed by atoms with Crippen LogP contribution < -0.4 is 15.9 Å². The summed E-state index contributed by atoms with van der Waals surface area (Å²) in [7, 11) is 0. The molecule has 148 valence electrons. The van der Waals surface area contributed by atoms with Gasteiger partial charge in [0.15, 0.2) is 5.82 Å². The SMILES string of the molecule is CC(C)c1ccc(OCc2nnc(SCC(=O)NCc3ccco3)n2N)cc1.